The van der Waals surface area contributed by atoms with Crippen molar-refractivity contribution in [1.29, 1.82) is 0 Å². The molecule has 0 unspecified atom stereocenters. The van der Waals surface area contributed by atoms with Crippen molar-refractivity contribution in [3.8, 4) is 0 Å². The van der Waals surface area contributed by atoms with Crippen LogP contribution in [0.3, 0.4) is 0 Å². The van der Waals surface area contributed by atoms with Gasteiger partial charge in [0.15, 0.2) is 0 Å². The fourth-order valence-corrected chi connectivity index (χ4v) is 7.86. The van der Waals surface area contributed by atoms with Crippen LogP contribution in [-0.2, 0) is 54.3 Å². The molecule has 0 aromatic heterocycles. The summed E-state index contributed by atoms with van der Waals surface area (Å²) in [5.41, 5.74) is 6.17. The minimum absolute atomic E-state index is 0.0791. The SMILES string of the molecule is CC[C@H](C)[C@H](NC(=O)C[C@H](O)[C@H](CC(C)C)NC(=O)[C@H](CCC(N)=O)N(C)C(=O)[C@H](CC(C)C)NC(=O)[C@H](C)O)C(=O)N[C@@H](C)C(=O)N[C@H](Cc1ccccc1)C(=O)N1CCC[C@H]1C(=O)OC. The molecular formula is C47H76N8O12. The summed E-state index contributed by atoms with van der Waals surface area (Å²) in [6, 6.07) is 1.30. The Kier molecular flexibility index (Phi) is 23.9. The molecule has 1 fully saturated rings. The van der Waals surface area contributed by atoms with Crippen molar-refractivity contribution in [2.24, 2.45) is 23.5 Å². The number of nitrogens with two attached hydrogens (primary N) is 1. The third kappa shape index (κ3) is 18.5. The number of esters is 1. The Bertz CT molecular complexity index is 1850. The van der Waals surface area contributed by atoms with Gasteiger partial charge in [-0.1, -0.05) is 78.3 Å². The second-order valence-electron chi connectivity index (χ2n) is 18.5. The molecule has 0 radical (unpaired) electrons. The topological polar surface area (TPSA) is 296 Å². The Labute approximate surface area is 394 Å². The first kappa shape index (κ1) is 57.5. The lowest BCUT2D eigenvalue weighted by atomic mass is 9.95. The second kappa shape index (κ2) is 27.9. The number of aliphatic hydroxyl groups is 2. The number of primary amides is 1. The number of amides is 8. The quantitative estimate of drug-likeness (QED) is 0.0549. The summed E-state index contributed by atoms with van der Waals surface area (Å²) in [5.74, 6) is -6.75. The normalized spacial score (nSPS) is 17.6. The number of carbonyl (C=O) groups is 9. The van der Waals surface area contributed by atoms with E-state index in [1.165, 1.54) is 32.9 Å². The monoisotopic (exact) mass is 945 g/mol. The van der Waals surface area contributed by atoms with Gasteiger partial charge in [0, 0.05) is 26.4 Å². The molecular weight excluding hydrogens is 869 g/mol. The minimum atomic E-state index is -1.50. The van der Waals surface area contributed by atoms with Crippen LogP contribution in [0.5, 0.6) is 0 Å². The summed E-state index contributed by atoms with van der Waals surface area (Å²) in [4.78, 5) is 122. The highest BCUT2D eigenvalue weighted by atomic mass is 16.5. The maximum absolute atomic E-state index is 14.0. The molecule has 0 aliphatic carbocycles. The van der Waals surface area contributed by atoms with Crippen molar-refractivity contribution in [1.82, 2.24) is 36.4 Å². The van der Waals surface area contributed by atoms with Crippen LogP contribution in [-0.4, -0.2) is 148 Å². The summed E-state index contributed by atoms with van der Waals surface area (Å²) in [7, 11) is 2.58. The van der Waals surface area contributed by atoms with E-state index in [1.54, 1.807) is 38.1 Å². The van der Waals surface area contributed by atoms with E-state index in [2.05, 4.69) is 26.6 Å². The zero-order valence-electron chi connectivity index (χ0n) is 40.8. The van der Waals surface area contributed by atoms with E-state index >= 15 is 0 Å². The lowest BCUT2D eigenvalue weighted by Gasteiger charge is -2.34. The molecule has 20 heteroatoms. The highest BCUT2D eigenvalue weighted by molar-refractivity contribution is 5.96. The maximum atomic E-state index is 14.0. The van der Waals surface area contributed by atoms with Crippen molar-refractivity contribution in [3.05, 3.63) is 35.9 Å². The number of likely N-dealkylation sites (N-methyl/N-ethyl adjacent to an activating group) is 1. The number of nitrogens with one attached hydrogen (secondary N) is 5. The molecule has 1 heterocycles. The Morgan fingerprint density at radius 2 is 1.42 bits per heavy atom. The highest BCUT2D eigenvalue weighted by Crippen LogP contribution is 2.21. The number of aliphatic hydroxyl groups excluding tert-OH is 2. The molecule has 0 bridgehead atoms. The van der Waals surface area contributed by atoms with E-state index < -0.39 is 120 Å². The van der Waals surface area contributed by atoms with Gasteiger partial charge in [-0.25, -0.2) is 4.79 Å². The molecule has 0 saturated carbocycles. The molecule has 0 spiro atoms. The number of hydrogen-bond donors (Lipinski definition) is 8. The summed E-state index contributed by atoms with van der Waals surface area (Å²) < 4.78 is 4.92. The molecule has 1 aliphatic rings. The van der Waals surface area contributed by atoms with Crippen molar-refractivity contribution in [2.45, 2.75) is 168 Å². The van der Waals surface area contributed by atoms with Crippen LogP contribution in [0.1, 0.15) is 112 Å². The van der Waals surface area contributed by atoms with E-state index in [9.17, 15) is 53.4 Å². The van der Waals surface area contributed by atoms with Crippen molar-refractivity contribution < 1.29 is 58.1 Å². The molecule has 1 aromatic rings. The van der Waals surface area contributed by atoms with Crippen molar-refractivity contribution in [3.63, 3.8) is 0 Å². The van der Waals surface area contributed by atoms with Gasteiger partial charge in [0.05, 0.1) is 25.7 Å². The van der Waals surface area contributed by atoms with Gasteiger partial charge in [-0.2, -0.15) is 0 Å². The number of rotatable bonds is 27. The first-order chi connectivity index (χ1) is 31.4. The van der Waals surface area contributed by atoms with Gasteiger partial charge in [0.1, 0.15) is 42.4 Å². The summed E-state index contributed by atoms with van der Waals surface area (Å²) in [6.07, 6.45) is -2.09. The largest absolute Gasteiger partial charge is 0.467 e. The number of nitrogens with zero attached hydrogens (tertiary/aromatic N) is 2. The van der Waals surface area contributed by atoms with Gasteiger partial charge in [-0.3, -0.25) is 38.4 Å². The predicted molar refractivity (Wildman–Crippen MR) is 248 cm³/mol. The van der Waals surface area contributed by atoms with Crippen LogP contribution in [0.2, 0.25) is 0 Å². The Morgan fingerprint density at radius 1 is 0.806 bits per heavy atom. The average Bonchev–Trinajstić information content (AvgIpc) is 3.76. The van der Waals surface area contributed by atoms with Crippen molar-refractivity contribution in [2.75, 3.05) is 20.7 Å². The van der Waals surface area contributed by atoms with Crippen LogP contribution in [0, 0.1) is 17.8 Å². The highest BCUT2D eigenvalue weighted by Gasteiger charge is 2.40. The molecule has 67 heavy (non-hydrogen) atoms. The molecule has 9 N–H and O–H groups in total. The number of carbonyl (C=O) groups excluding carboxylic acids is 9. The van der Waals surface area contributed by atoms with Crippen LogP contribution in [0.4, 0.5) is 0 Å². The van der Waals surface area contributed by atoms with E-state index in [0.29, 0.717) is 25.8 Å². The van der Waals surface area contributed by atoms with Gasteiger partial charge in [0.25, 0.3) is 0 Å². The fraction of sp³-hybridized carbons (Fsp3) is 0.681. The average molecular weight is 945 g/mol. The van der Waals surface area contributed by atoms with Gasteiger partial charge in [-0.05, 0) is 69.3 Å². The van der Waals surface area contributed by atoms with E-state index in [-0.39, 0.29) is 43.9 Å². The lowest BCUT2D eigenvalue weighted by molar-refractivity contribution is -0.152. The number of benzene rings is 1. The minimum Gasteiger partial charge on any atom is -0.467 e. The zero-order valence-corrected chi connectivity index (χ0v) is 40.8. The molecule has 2 rings (SSSR count). The number of hydrogen-bond acceptors (Lipinski definition) is 12. The number of likely N-dealkylation sites (tertiary alicyclic amines) is 1. The van der Waals surface area contributed by atoms with Crippen LogP contribution >= 0.6 is 0 Å². The maximum Gasteiger partial charge on any atom is 0.328 e. The Hall–Kier alpha value is -5.63. The molecule has 376 valence electrons. The Balaban J connectivity index is 2.26. The standard InChI is InChI=1S/C47H76N8O12/c1-11-28(6)40(44(63)49-29(7)41(60)51-34(24-31-16-13-12-14-17-31)46(65)55-21-15-18-36(55)47(66)67-10)53-39(59)25-37(57)32(22-26(2)3)50-43(62)35(19-20-38(48)58)54(9)45(64)33(23-27(4)5)52-42(61)30(8)56/h12-14,16-17,26-30,32-37,40,56-57H,11,15,18-25H2,1-10H3,(H2,48,58)(H,49,63)(H,50,62)(H,51,60)(H,52,61)(H,53,59)/t28-,29-,30-,32-,33-,34+,35-,36-,37-,40-/m0/s1. The molecule has 8 amide bonds. The van der Waals surface area contributed by atoms with Gasteiger partial charge < -0.3 is 57.1 Å². The second-order valence-corrected chi connectivity index (χ2v) is 18.5. The molecule has 10 atom stereocenters. The predicted octanol–water partition coefficient (Wildman–Crippen LogP) is 0.200. The van der Waals surface area contributed by atoms with Crippen LogP contribution in [0.25, 0.3) is 0 Å². The number of methoxy groups -OCH3 is 1. The summed E-state index contributed by atoms with van der Waals surface area (Å²) >= 11 is 0. The van der Waals surface area contributed by atoms with Gasteiger partial charge in [-0.15, -0.1) is 0 Å². The molecule has 1 aliphatic heterocycles. The first-order valence-electron chi connectivity index (χ1n) is 23.3. The fourth-order valence-electron chi connectivity index (χ4n) is 7.86. The number of ether oxygens (including phenoxy) is 1. The molecule has 1 aromatic carbocycles. The zero-order chi connectivity index (χ0) is 50.7. The van der Waals surface area contributed by atoms with E-state index in [0.717, 1.165) is 10.5 Å². The van der Waals surface area contributed by atoms with Gasteiger partial charge >= 0.3 is 5.97 Å². The smallest absolute Gasteiger partial charge is 0.328 e. The van der Waals surface area contributed by atoms with Crippen LogP contribution < -0.4 is 32.3 Å². The van der Waals surface area contributed by atoms with Crippen LogP contribution in [0.15, 0.2) is 30.3 Å². The van der Waals surface area contributed by atoms with E-state index in [4.69, 9.17) is 10.5 Å². The summed E-state index contributed by atoms with van der Waals surface area (Å²) in [6.45, 7) is 13.8. The third-order valence-electron chi connectivity index (χ3n) is 11.9. The van der Waals surface area contributed by atoms with E-state index in [1.807, 2.05) is 33.8 Å². The van der Waals surface area contributed by atoms with Crippen molar-refractivity contribution >= 4 is 53.2 Å². The first-order valence-corrected chi connectivity index (χ1v) is 23.3. The molecule has 1 saturated heterocycles. The Morgan fingerprint density at radius 3 is 1.97 bits per heavy atom. The third-order valence-corrected chi connectivity index (χ3v) is 11.9. The van der Waals surface area contributed by atoms with Gasteiger partial charge in [0.2, 0.25) is 47.3 Å². The lowest BCUT2D eigenvalue weighted by Crippen LogP contribution is -2.59. The summed E-state index contributed by atoms with van der Waals surface area (Å²) in [5, 5.41) is 34.6. The molecule has 20 nitrogen and oxygen atoms in total.